The number of ether oxygens (including phenoxy) is 1. The van der Waals surface area contributed by atoms with Crippen LogP contribution in [-0.2, 0) is 20.7 Å². The Kier molecular flexibility index (Phi) is 7.50. The van der Waals surface area contributed by atoms with Gasteiger partial charge in [-0.1, -0.05) is 32.9 Å². The summed E-state index contributed by atoms with van der Waals surface area (Å²) in [5.41, 5.74) is 4.24. The smallest absolute Gasteiger partial charge is 0.407 e. The molecule has 9 heteroatoms. The van der Waals surface area contributed by atoms with Gasteiger partial charge in [-0.25, -0.2) is 4.79 Å². The molecule has 1 aliphatic heterocycles. The lowest BCUT2D eigenvalue weighted by Crippen LogP contribution is -2.64. The zero-order chi connectivity index (χ0) is 21.8. The zero-order valence-electron chi connectivity index (χ0n) is 16.9. The van der Waals surface area contributed by atoms with E-state index in [0.717, 1.165) is 9.13 Å². The van der Waals surface area contributed by atoms with Crippen molar-refractivity contribution in [3.63, 3.8) is 0 Å². The normalized spacial score (nSPS) is 21.2. The average Bonchev–Trinajstić information content (AvgIpc) is 2.86. The van der Waals surface area contributed by atoms with Crippen molar-refractivity contribution >= 4 is 40.5 Å². The van der Waals surface area contributed by atoms with Gasteiger partial charge in [0.15, 0.2) is 5.60 Å². The Labute approximate surface area is 184 Å². The number of nitrogens with one attached hydrogen (secondary N) is 1. The number of primary amides is 1. The van der Waals surface area contributed by atoms with Crippen LogP contribution in [0, 0.1) is 8.99 Å². The van der Waals surface area contributed by atoms with Crippen molar-refractivity contribution in [2.24, 2.45) is 11.1 Å². The Morgan fingerprint density at radius 2 is 1.93 bits per heavy atom. The highest BCUT2D eigenvalue weighted by Gasteiger charge is 2.53. The van der Waals surface area contributed by atoms with Crippen molar-refractivity contribution in [1.82, 2.24) is 10.2 Å². The van der Waals surface area contributed by atoms with Crippen molar-refractivity contribution < 1.29 is 24.2 Å². The fourth-order valence-electron chi connectivity index (χ4n) is 3.34. The molecule has 1 fully saturated rings. The number of hydrogen-bond acceptors (Lipinski definition) is 4. The molecule has 8 nitrogen and oxygen atoms in total. The fraction of sp³-hybridized carbons (Fsp3) is 0.550. The van der Waals surface area contributed by atoms with E-state index < -0.39 is 35.0 Å². The molecule has 29 heavy (non-hydrogen) atoms. The van der Waals surface area contributed by atoms with Gasteiger partial charge >= 0.3 is 6.09 Å². The lowest BCUT2D eigenvalue weighted by atomic mass is 9.74. The molecule has 0 bridgehead atoms. The number of rotatable bonds is 5. The maximum atomic E-state index is 13.4. The van der Waals surface area contributed by atoms with Crippen LogP contribution in [0.15, 0.2) is 24.3 Å². The van der Waals surface area contributed by atoms with Crippen LogP contribution in [0.2, 0.25) is 0 Å². The van der Waals surface area contributed by atoms with Gasteiger partial charge in [0.1, 0.15) is 6.04 Å². The monoisotopic (exact) mass is 517 g/mol. The van der Waals surface area contributed by atoms with Crippen LogP contribution in [0.25, 0.3) is 0 Å². The second-order valence-corrected chi connectivity index (χ2v) is 9.49. The first-order chi connectivity index (χ1) is 13.5. The number of nitrogens with two attached hydrogens (primary N) is 1. The number of hydrogen-bond donors (Lipinski definition) is 3. The molecule has 1 aromatic rings. The first kappa shape index (κ1) is 23.4. The summed E-state index contributed by atoms with van der Waals surface area (Å²) < 4.78 is 7.03. The number of nitrogens with zero attached hydrogens (tertiary/aromatic N) is 1. The third kappa shape index (κ3) is 5.59. The molecule has 0 unspecified atom stereocenters. The molecule has 0 spiro atoms. The van der Waals surface area contributed by atoms with Crippen LogP contribution in [0.3, 0.4) is 0 Å². The van der Waals surface area contributed by atoms with Gasteiger partial charge in [0.2, 0.25) is 5.91 Å². The molecular weight excluding hydrogens is 489 g/mol. The first-order valence-corrected chi connectivity index (χ1v) is 10.5. The fourth-order valence-corrected chi connectivity index (χ4v) is 3.70. The molecule has 4 N–H and O–H groups in total. The Morgan fingerprint density at radius 3 is 2.45 bits per heavy atom. The molecular formula is C20H28IN3O5. The first-order valence-electron chi connectivity index (χ1n) is 9.43. The second-order valence-electron chi connectivity index (χ2n) is 8.24. The molecule has 1 heterocycles. The zero-order valence-corrected chi connectivity index (χ0v) is 19.1. The lowest BCUT2D eigenvalue weighted by Gasteiger charge is -2.44. The van der Waals surface area contributed by atoms with Crippen LogP contribution in [0.5, 0.6) is 0 Å². The second kappa shape index (κ2) is 9.29. The predicted octanol–water partition coefficient (Wildman–Crippen LogP) is 1.99. The molecule has 1 aliphatic rings. The van der Waals surface area contributed by atoms with E-state index in [4.69, 9.17) is 10.5 Å². The number of benzene rings is 1. The van der Waals surface area contributed by atoms with Crippen molar-refractivity contribution in [2.75, 3.05) is 19.7 Å². The molecule has 3 amide bonds. The van der Waals surface area contributed by atoms with Crippen LogP contribution >= 0.6 is 22.6 Å². The highest BCUT2D eigenvalue weighted by Crippen LogP contribution is 2.37. The predicted molar refractivity (Wildman–Crippen MR) is 116 cm³/mol. The van der Waals surface area contributed by atoms with Crippen LogP contribution in [-0.4, -0.2) is 59.3 Å². The largest absolute Gasteiger partial charge is 0.465 e. The summed E-state index contributed by atoms with van der Waals surface area (Å²) in [6.45, 7) is 5.85. The van der Waals surface area contributed by atoms with E-state index in [1.54, 1.807) is 0 Å². The maximum Gasteiger partial charge on any atom is 0.407 e. The van der Waals surface area contributed by atoms with Gasteiger partial charge in [-0.15, -0.1) is 0 Å². The molecule has 0 saturated carbocycles. The maximum absolute atomic E-state index is 13.4. The number of carbonyl (C=O) groups excluding carboxylic acids is 2. The van der Waals surface area contributed by atoms with E-state index in [-0.39, 0.29) is 26.1 Å². The van der Waals surface area contributed by atoms with Gasteiger partial charge in [0.05, 0.1) is 6.54 Å². The third-order valence-corrected chi connectivity index (χ3v) is 5.90. The summed E-state index contributed by atoms with van der Waals surface area (Å²) in [4.78, 5) is 38.2. The summed E-state index contributed by atoms with van der Waals surface area (Å²) in [7, 11) is 0. The summed E-state index contributed by atoms with van der Waals surface area (Å²) in [6.07, 6.45) is -0.387. The molecule has 1 saturated heterocycles. The highest BCUT2D eigenvalue weighted by atomic mass is 127. The molecule has 2 rings (SSSR count). The van der Waals surface area contributed by atoms with E-state index >= 15 is 0 Å². The van der Waals surface area contributed by atoms with Gasteiger partial charge in [-0.3, -0.25) is 9.59 Å². The molecule has 1 aromatic carbocycles. The summed E-state index contributed by atoms with van der Waals surface area (Å²) >= 11 is 2.18. The lowest BCUT2D eigenvalue weighted by molar-refractivity contribution is -0.166. The minimum atomic E-state index is -1.44. The molecule has 0 aromatic heterocycles. The van der Waals surface area contributed by atoms with E-state index in [9.17, 15) is 19.5 Å². The van der Waals surface area contributed by atoms with E-state index in [2.05, 4.69) is 27.9 Å². The van der Waals surface area contributed by atoms with Gasteiger partial charge in [0.25, 0.3) is 5.91 Å². The van der Waals surface area contributed by atoms with Crippen LogP contribution in [0.4, 0.5) is 4.79 Å². The van der Waals surface area contributed by atoms with E-state index in [0.29, 0.717) is 6.42 Å². The number of carbonyl (C=O) groups is 3. The van der Waals surface area contributed by atoms with Crippen molar-refractivity contribution in [1.29, 1.82) is 0 Å². The number of carboxylic acid groups (broad SMARTS) is 1. The number of halogens is 1. The average molecular weight is 517 g/mol. The van der Waals surface area contributed by atoms with Gasteiger partial charge in [-0.2, -0.15) is 0 Å². The standard InChI is InChI=1S/C20H28IN3O5/c1-19(2,3)20(12-24(18(27)28)9-4-10-29-20)17(26)23-15(16(22)25)11-13-5-7-14(21)8-6-13/h5-8,15H,4,9-12H2,1-3H3,(H2,22,25)(H,23,26)(H,27,28)/t15-,20-/m0/s1. The Morgan fingerprint density at radius 1 is 1.31 bits per heavy atom. The topological polar surface area (TPSA) is 122 Å². The minimum Gasteiger partial charge on any atom is -0.465 e. The van der Waals surface area contributed by atoms with Crippen LogP contribution in [0.1, 0.15) is 32.8 Å². The van der Waals surface area contributed by atoms with Crippen molar-refractivity contribution in [3.05, 3.63) is 33.4 Å². The minimum absolute atomic E-state index is 0.118. The summed E-state index contributed by atoms with van der Waals surface area (Å²) in [5, 5.41) is 12.2. The van der Waals surface area contributed by atoms with Crippen molar-refractivity contribution in [2.45, 2.75) is 45.3 Å². The van der Waals surface area contributed by atoms with Gasteiger partial charge in [-0.05, 0) is 46.7 Å². The quantitative estimate of drug-likeness (QED) is 0.516. The Balaban J connectivity index is 2.30. The molecule has 0 radical (unpaired) electrons. The number of amides is 3. The van der Waals surface area contributed by atoms with E-state index in [1.807, 2.05) is 45.0 Å². The third-order valence-electron chi connectivity index (χ3n) is 5.19. The van der Waals surface area contributed by atoms with Crippen molar-refractivity contribution in [3.8, 4) is 0 Å². The SMILES string of the molecule is CC(C)(C)[C@@]1(C(=O)N[C@@H](Cc2ccc(I)cc2)C(N)=O)CN(C(=O)O)CCCO1. The Bertz CT molecular complexity index is 762. The summed E-state index contributed by atoms with van der Waals surface area (Å²) in [5.74, 6) is -1.20. The van der Waals surface area contributed by atoms with Crippen LogP contribution < -0.4 is 11.1 Å². The molecule has 160 valence electrons. The Hall–Kier alpha value is -1.88. The summed E-state index contributed by atoms with van der Waals surface area (Å²) in [6, 6.07) is 6.62. The molecule has 2 atom stereocenters. The van der Waals surface area contributed by atoms with Gasteiger partial charge in [0, 0.05) is 28.6 Å². The van der Waals surface area contributed by atoms with Gasteiger partial charge < -0.3 is 25.8 Å². The van der Waals surface area contributed by atoms with E-state index in [1.165, 1.54) is 4.90 Å². The molecule has 0 aliphatic carbocycles. The highest BCUT2D eigenvalue weighted by molar-refractivity contribution is 14.1.